The van der Waals surface area contributed by atoms with Gasteiger partial charge < -0.3 is 14.7 Å². The van der Waals surface area contributed by atoms with Crippen LogP contribution in [0.15, 0.2) is 0 Å². The molecule has 0 bridgehead atoms. The maximum Gasteiger partial charge on any atom is 0.248 e. The molecule has 1 aliphatic carbocycles. The molecule has 0 atom stereocenters. The number of nitrogens with zero attached hydrogens (tertiary/aromatic N) is 1. The van der Waals surface area contributed by atoms with Gasteiger partial charge in [0.1, 0.15) is 6.61 Å². The van der Waals surface area contributed by atoms with Crippen LogP contribution in [-0.4, -0.2) is 51.7 Å². The first kappa shape index (κ1) is 12.6. The highest BCUT2D eigenvalue weighted by atomic mass is 127. The minimum absolute atomic E-state index is 0.108. The summed E-state index contributed by atoms with van der Waals surface area (Å²) in [6, 6.07) is 0.319. The first-order valence-corrected chi connectivity index (χ1v) is 7.33. The van der Waals surface area contributed by atoms with Gasteiger partial charge >= 0.3 is 0 Å². The van der Waals surface area contributed by atoms with Gasteiger partial charge in [-0.2, -0.15) is 0 Å². The van der Waals surface area contributed by atoms with E-state index in [1.54, 1.807) is 0 Å². The molecule has 0 aromatic rings. The third-order valence-electron chi connectivity index (χ3n) is 3.60. The summed E-state index contributed by atoms with van der Waals surface area (Å²) >= 11 is 2.24. The van der Waals surface area contributed by atoms with Gasteiger partial charge in [0, 0.05) is 17.0 Å². The fourth-order valence-corrected chi connectivity index (χ4v) is 3.26. The summed E-state index contributed by atoms with van der Waals surface area (Å²) < 4.78 is 5.91. The maximum absolute atomic E-state index is 11.7. The molecule has 0 radical (unpaired) electrons. The molecule has 16 heavy (non-hydrogen) atoms. The Bertz CT molecular complexity index is 264. The van der Waals surface area contributed by atoms with Crippen LogP contribution in [0.4, 0.5) is 0 Å². The summed E-state index contributed by atoms with van der Waals surface area (Å²) in [4.78, 5) is 13.6. The Kier molecular flexibility index (Phi) is 4.07. The number of rotatable bonds is 2. The van der Waals surface area contributed by atoms with Gasteiger partial charge in [-0.05, 0) is 25.7 Å². The van der Waals surface area contributed by atoms with Crippen molar-refractivity contribution in [1.82, 2.24) is 4.90 Å². The van der Waals surface area contributed by atoms with E-state index in [1.807, 2.05) is 4.90 Å². The summed E-state index contributed by atoms with van der Waals surface area (Å²) in [5, 5.41) is 10.1. The van der Waals surface area contributed by atoms with Gasteiger partial charge in [0.2, 0.25) is 5.91 Å². The van der Waals surface area contributed by atoms with E-state index in [1.165, 1.54) is 0 Å². The van der Waals surface area contributed by atoms with E-state index < -0.39 is 5.60 Å². The van der Waals surface area contributed by atoms with Crippen molar-refractivity contribution in [1.29, 1.82) is 0 Å². The van der Waals surface area contributed by atoms with Crippen LogP contribution in [0.1, 0.15) is 25.7 Å². The number of carbonyl (C=O) groups is 1. The highest BCUT2D eigenvalue weighted by molar-refractivity contribution is 14.1. The van der Waals surface area contributed by atoms with Crippen molar-refractivity contribution >= 4 is 28.5 Å². The lowest BCUT2D eigenvalue weighted by Crippen LogP contribution is -2.51. The van der Waals surface area contributed by atoms with Crippen LogP contribution < -0.4 is 0 Å². The van der Waals surface area contributed by atoms with Crippen LogP contribution in [0.2, 0.25) is 0 Å². The molecule has 2 fully saturated rings. The molecule has 2 aliphatic rings. The van der Waals surface area contributed by atoms with Gasteiger partial charge in [0.05, 0.1) is 12.2 Å². The number of amides is 1. The fourth-order valence-electron chi connectivity index (χ4n) is 2.50. The molecule has 92 valence electrons. The van der Waals surface area contributed by atoms with E-state index in [0.717, 1.165) is 30.1 Å². The summed E-state index contributed by atoms with van der Waals surface area (Å²) in [6.07, 6.45) is 3.47. The molecule has 1 N–H and O–H groups in total. The topological polar surface area (TPSA) is 49.8 Å². The Balaban J connectivity index is 1.90. The molecular formula is C11H18INO3. The molecule has 1 heterocycles. The first-order valence-electron chi connectivity index (χ1n) is 5.80. The Labute approximate surface area is 109 Å². The van der Waals surface area contributed by atoms with Crippen molar-refractivity contribution in [3.05, 3.63) is 0 Å². The van der Waals surface area contributed by atoms with Crippen LogP contribution in [0, 0.1) is 0 Å². The fraction of sp³-hybridized carbons (Fsp3) is 0.909. The van der Waals surface area contributed by atoms with Crippen molar-refractivity contribution in [2.24, 2.45) is 0 Å². The van der Waals surface area contributed by atoms with E-state index in [0.29, 0.717) is 19.2 Å². The summed E-state index contributed by atoms with van der Waals surface area (Å²) in [5.74, 6) is 0.108. The smallest absolute Gasteiger partial charge is 0.248 e. The molecule has 0 unspecified atom stereocenters. The van der Waals surface area contributed by atoms with E-state index in [-0.39, 0.29) is 12.5 Å². The quantitative estimate of drug-likeness (QED) is 0.602. The largest absolute Gasteiger partial charge is 0.389 e. The highest BCUT2D eigenvalue weighted by Crippen LogP contribution is 2.32. The molecule has 0 spiro atoms. The molecule has 5 heteroatoms. The molecule has 1 saturated carbocycles. The normalized spacial score (nSPS) is 36.5. The summed E-state index contributed by atoms with van der Waals surface area (Å²) in [5.41, 5.74) is -0.494. The van der Waals surface area contributed by atoms with Crippen LogP contribution in [0.25, 0.3) is 0 Å². The predicted octanol–water partition coefficient (Wildman–Crippen LogP) is 0.954. The lowest BCUT2D eigenvalue weighted by Gasteiger charge is -2.41. The molecule has 2 rings (SSSR count). The van der Waals surface area contributed by atoms with Gasteiger partial charge in [0.15, 0.2) is 0 Å². The van der Waals surface area contributed by atoms with Crippen molar-refractivity contribution in [2.75, 3.05) is 24.2 Å². The second-order valence-corrected chi connectivity index (χ2v) is 5.49. The lowest BCUT2D eigenvalue weighted by molar-refractivity contribution is -0.147. The number of ether oxygens (including phenoxy) is 1. The zero-order valence-electron chi connectivity index (χ0n) is 9.32. The average molecular weight is 339 g/mol. The van der Waals surface area contributed by atoms with Crippen molar-refractivity contribution in [2.45, 2.75) is 37.3 Å². The molecule has 1 amide bonds. The van der Waals surface area contributed by atoms with E-state index in [4.69, 9.17) is 4.74 Å². The molecule has 4 nitrogen and oxygen atoms in total. The number of aliphatic hydroxyl groups is 1. The monoisotopic (exact) mass is 339 g/mol. The molecule has 1 saturated heterocycles. The van der Waals surface area contributed by atoms with E-state index in [2.05, 4.69) is 22.6 Å². The van der Waals surface area contributed by atoms with Gasteiger partial charge in [-0.3, -0.25) is 4.79 Å². The van der Waals surface area contributed by atoms with Crippen LogP contribution in [-0.2, 0) is 9.53 Å². The first-order chi connectivity index (χ1) is 7.64. The standard InChI is InChI=1S/C11H18INO3/c12-8-11(15)3-1-9(2-4-11)13-5-6-16-7-10(13)14/h9,15H,1-8H2. The Morgan fingerprint density at radius 2 is 2.19 bits per heavy atom. The van der Waals surface area contributed by atoms with Crippen molar-refractivity contribution in [3.63, 3.8) is 0 Å². The third-order valence-corrected chi connectivity index (χ3v) is 5.02. The van der Waals surface area contributed by atoms with Gasteiger partial charge in [0.25, 0.3) is 0 Å². The number of hydrogen-bond acceptors (Lipinski definition) is 3. The third kappa shape index (κ3) is 2.68. The number of hydrogen-bond donors (Lipinski definition) is 1. The summed E-state index contributed by atoms with van der Waals surface area (Å²) in [6.45, 7) is 1.60. The van der Waals surface area contributed by atoms with Crippen LogP contribution >= 0.6 is 22.6 Å². The maximum atomic E-state index is 11.7. The zero-order chi connectivity index (χ0) is 11.6. The van der Waals surface area contributed by atoms with Crippen LogP contribution in [0.3, 0.4) is 0 Å². The van der Waals surface area contributed by atoms with Crippen molar-refractivity contribution in [3.8, 4) is 0 Å². The number of morpholine rings is 1. The number of alkyl halides is 1. The van der Waals surface area contributed by atoms with E-state index >= 15 is 0 Å². The van der Waals surface area contributed by atoms with Crippen LogP contribution in [0.5, 0.6) is 0 Å². The Hall–Kier alpha value is 0.120. The highest BCUT2D eigenvalue weighted by Gasteiger charge is 2.36. The average Bonchev–Trinajstić information content (AvgIpc) is 2.31. The second kappa shape index (κ2) is 5.18. The number of halogens is 1. The molecule has 0 aromatic carbocycles. The van der Waals surface area contributed by atoms with Gasteiger partial charge in [-0.15, -0.1) is 0 Å². The predicted molar refractivity (Wildman–Crippen MR) is 68.6 cm³/mol. The number of carbonyl (C=O) groups excluding carboxylic acids is 1. The van der Waals surface area contributed by atoms with Gasteiger partial charge in [-0.1, -0.05) is 22.6 Å². The van der Waals surface area contributed by atoms with Crippen molar-refractivity contribution < 1.29 is 14.6 Å². The SMILES string of the molecule is O=C1COCCN1C1CCC(O)(CI)CC1. The Morgan fingerprint density at radius 1 is 1.50 bits per heavy atom. The minimum Gasteiger partial charge on any atom is -0.389 e. The Morgan fingerprint density at radius 3 is 2.75 bits per heavy atom. The van der Waals surface area contributed by atoms with E-state index in [9.17, 15) is 9.90 Å². The lowest BCUT2D eigenvalue weighted by atomic mass is 9.83. The van der Waals surface area contributed by atoms with Gasteiger partial charge in [-0.25, -0.2) is 0 Å². The second-order valence-electron chi connectivity index (χ2n) is 4.73. The molecular weight excluding hydrogens is 321 g/mol. The molecule has 1 aliphatic heterocycles. The molecule has 0 aromatic heterocycles. The summed E-state index contributed by atoms with van der Waals surface area (Å²) in [7, 11) is 0. The minimum atomic E-state index is -0.494. The zero-order valence-corrected chi connectivity index (χ0v) is 11.5.